The molecule has 38 heavy (non-hydrogen) atoms. The van der Waals surface area contributed by atoms with Crippen molar-refractivity contribution in [1.29, 1.82) is 0 Å². The number of pyridine rings is 3. The second-order valence-corrected chi connectivity index (χ2v) is 10.5. The minimum atomic E-state index is 0.858. The number of rotatable bonds is 8. The lowest BCUT2D eigenvalue weighted by Crippen LogP contribution is -2.08. The maximum atomic E-state index is 5.02. The predicted molar refractivity (Wildman–Crippen MR) is 155 cm³/mol. The van der Waals surface area contributed by atoms with Crippen LogP contribution >= 0.6 is 0 Å². The van der Waals surface area contributed by atoms with E-state index in [1.165, 1.54) is 39.5 Å². The van der Waals surface area contributed by atoms with Crippen LogP contribution in [-0.2, 0) is 25.7 Å². The molecular weight excluding hydrogens is 466 g/mol. The summed E-state index contributed by atoms with van der Waals surface area (Å²) in [6.07, 6.45) is 5.42. The van der Waals surface area contributed by atoms with Crippen LogP contribution in [0.3, 0.4) is 0 Å². The van der Waals surface area contributed by atoms with E-state index in [9.17, 15) is 0 Å². The SMILES string of the molecule is Cc1cc(CCc2cccnc2CCc2cc(C)cc(-n3c(C)ccc3C)n2)nc(-n2c(C)ccc2C)c1. The van der Waals surface area contributed by atoms with Crippen molar-refractivity contribution in [3.05, 3.63) is 123 Å². The summed E-state index contributed by atoms with van der Waals surface area (Å²) in [5, 5.41) is 0. The van der Waals surface area contributed by atoms with Crippen molar-refractivity contribution in [2.45, 2.75) is 67.2 Å². The third kappa shape index (κ3) is 5.47. The van der Waals surface area contributed by atoms with E-state index in [-0.39, 0.29) is 0 Å². The largest absolute Gasteiger partial charge is 0.303 e. The molecule has 5 nitrogen and oxygen atoms in total. The molecule has 0 aliphatic rings. The first-order valence-electron chi connectivity index (χ1n) is 13.5. The number of hydrogen-bond donors (Lipinski definition) is 0. The first-order valence-corrected chi connectivity index (χ1v) is 13.5. The van der Waals surface area contributed by atoms with E-state index in [0.717, 1.165) is 54.4 Å². The molecule has 0 saturated heterocycles. The van der Waals surface area contributed by atoms with Gasteiger partial charge in [-0.1, -0.05) is 6.07 Å². The Balaban J connectivity index is 1.33. The Kier molecular flexibility index (Phi) is 7.28. The van der Waals surface area contributed by atoms with Crippen LogP contribution in [0.1, 0.15) is 56.5 Å². The van der Waals surface area contributed by atoms with Crippen molar-refractivity contribution in [1.82, 2.24) is 24.1 Å². The van der Waals surface area contributed by atoms with E-state index in [2.05, 4.69) is 105 Å². The molecule has 0 spiro atoms. The van der Waals surface area contributed by atoms with E-state index in [0.29, 0.717) is 0 Å². The maximum Gasteiger partial charge on any atom is 0.137 e. The van der Waals surface area contributed by atoms with E-state index in [1.807, 2.05) is 12.3 Å². The molecule has 0 N–H and O–H groups in total. The molecule has 5 heterocycles. The molecule has 0 aliphatic carbocycles. The van der Waals surface area contributed by atoms with E-state index in [4.69, 9.17) is 15.0 Å². The summed E-state index contributed by atoms with van der Waals surface area (Å²) in [4.78, 5) is 14.8. The summed E-state index contributed by atoms with van der Waals surface area (Å²) >= 11 is 0. The van der Waals surface area contributed by atoms with Gasteiger partial charge in [0.25, 0.3) is 0 Å². The number of hydrogen-bond acceptors (Lipinski definition) is 3. The fraction of sp³-hybridized carbons (Fsp3) is 0.303. The highest BCUT2D eigenvalue weighted by atomic mass is 15.1. The summed E-state index contributed by atoms with van der Waals surface area (Å²) in [6.45, 7) is 12.8. The van der Waals surface area contributed by atoms with Crippen LogP contribution < -0.4 is 0 Å². The molecule has 0 bridgehead atoms. The highest BCUT2D eigenvalue weighted by Gasteiger charge is 2.12. The van der Waals surface area contributed by atoms with Crippen molar-refractivity contribution in [3.8, 4) is 11.6 Å². The highest BCUT2D eigenvalue weighted by Crippen LogP contribution is 2.20. The lowest BCUT2D eigenvalue weighted by atomic mass is 10.0. The lowest BCUT2D eigenvalue weighted by Gasteiger charge is -2.13. The molecule has 0 aliphatic heterocycles. The summed E-state index contributed by atoms with van der Waals surface area (Å²) in [6, 6.07) is 21.6. The van der Waals surface area contributed by atoms with Gasteiger partial charge in [-0.3, -0.25) is 4.98 Å². The van der Waals surface area contributed by atoms with Crippen molar-refractivity contribution < 1.29 is 0 Å². The Morgan fingerprint density at radius 3 is 1.53 bits per heavy atom. The van der Waals surface area contributed by atoms with E-state index in [1.54, 1.807) is 0 Å². The zero-order chi connectivity index (χ0) is 26.8. The highest BCUT2D eigenvalue weighted by molar-refractivity contribution is 5.37. The van der Waals surface area contributed by atoms with E-state index >= 15 is 0 Å². The first-order chi connectivity index (χ1) is 18.3. The fourth-order valence-electron chi connectivity index (χ4n) is 5.42. The van der Waals surface area contributed by atoms with Crippen LogP contribution in [-0.4, -0.2) is 24.1 Å². The first kappa shape index (κ1) is 25.7. The van der Waals surface area contributed by atoms with Crippen LogP contribution in [0.2, 0.25) is 0 Å². The van der Waals surface area contributed by atoms with Gasteiger partial charge in [0.2, 0.25) is 0 Å². The van der Waals surface area contributed by atoms with E-state index < -0.39 is 0 Å². The predicted octanol–water partition coefficient (Wildman–Crippen LogP) is 6.87. The number of aryl methyl sites for hydroxylation is 10. The molecule has 0 fully saturated rings. The Morgan fingerprint density at radius 1 is 0.553 bits per heavy atom. The van der Waals surface area contributed by atoms with Crippen LogP contribution in [0.25, 0.3) is 11.6 Å². The van der Waals surface area contributed by atoms with Gasteiger partial charge in [-0.2, -0.15) is 0 Å². The monoisotopic (exact) mass is 503 g/mol. The van der Waals surface area contributed by atoms with Crippen LogP contribution in [0.5, 0.6) is 0 Å². The molecular formula is C33H37N5. The van der Waals surface area contributed by atoms with Crippen molar-refractivity contribution in [2.75, 3.05) is 0 Å². The standard InChI is InChI=1S/C33H37N5/c1-22-18-29(35-32(20-22)37-24(3)9-10-25(37)4)14-13-28-8-7-17-34-31(28)16-15-30-19-23(2)21-33(36-30)38-26(5)11-12-27(38)6/h7-12,17-21H,13-16H2,1-6H3. The summed E-state index contributed by atoms with van der Waals surface area (Å²) in [5.41, 5.74) is 11.9. The zero-order valence-corrected chi connectivity index (χ0v) is 23.4. The van der Waals surface area contributed by atoms with Crippen molar-refractivity contribution in [2.24, 2.45) is 0 Å². The van der Waals surface area contributed by atoms with Gasteiger partial charge in [0.1, 0.15) is 11.6 Å². The second-order valence-electron chi connectivity index (χ2n) is 10.5. The molecule has 194 valence electrons. The van der Waals surface area contributed by atoms with Gasteiger partial charge in [-0.05, 0) is 139 Å². The zero-order valence-electron chi connectivity index (χ0n) is 23.4. The van der Waals surface area contributed by atoms with Crippen molar-refractivity contribution >= 4 is 0 Å². The smallest absolute Gasteiger partial charge is 0.137 e. The lowest BCUT2D eigenvalue weighted by molar-refractivity contribution is 0.813. The molecule has 0 saturated carbocycles. The fourth-order valence-corrected chi connectivity index (χ4v) is 5.42. The Labute approximate surface area is 226 Å². The molecule has 0 unspecified atom stereocenters. The molecule has 5 rings (SSSR count). The molecule has 0 radical (unpaired) electrons. The Hall–Kier alpha value is -3.99. The minimum Gasteiger partial charge on any atom is -0.303 e. The average molecular weight is 504 g/mol. The second kappa shape index (κ2) is 10.8. The van der Waals surface area contributed by atoms with Gasteiger partial charge >= 0.3 is 0 Å². The van der Waals surface area contributed by atoms with Gasteiger partial charge in [0, 0.05) is 46.1 Å². The number of aromatic nitrogens is 5. The topological polar surface area (TPSA) is 48.5 Å². The van der Waals surface area contributed by atoms with Gasteiger partial charge in [0.15, 0.2) is 0 Å². The summed E-state index contributed by atoms with van der Waals surface area (Å²) < 4.78 is 4.45. The molecule has 5 heteroatoms. The normalized spacial score (nSPS) is 11.3. The quantitative estimate of drug-likeness (QED) is 0.232. The van der Waals surface area contributed by atoms with Gasteiger partial charge in [-0.15, -0.1) is 0 Å². The summed E-state index contributed by atoms with van der Waals surface area (Å²) in [7, 11) is 0. The third-order valence-corrected chi connectivity index (χ3v) is 7.27. The third-order valence-electron chi connectivity index (χ3n) is 7.27. The minimum absolute atomic E-state index is 0.858. The van der Waals surface area contributed by atoms with Crippen LogP contribution in [0.15, 0.2) is 66.9 Å². The Bertz CT molecular complexity index is 1430. The maximum absolute atomic E-state index is 5.02. The van der Waals surface area contributed by atoms with Crippen molar-refractivity contribution in [3.63, 3.8) is 0 Å². The van der Waals surface area contributed by atoms with Gasteiger partial charge in [0.05, 0.1) is 0 Å². The molecule has 0 aromatic carbocycles. The molecule has 5 aromatic heterocycles. The molecule has 0 amide bonds. The molecule has 0 atom stereocenters. The number of nitrogens with zero attached hydrogens (tertiary/aromatic N) is 5. The van der Waals surface area contributed by atoms with Crippen LogP contribution in [0, 0.1) is 41.5 Å². The van der Waals surface area contributed by atoms with Crippen LogP contribution in [0.4, 0.5) is 0 Å². The average Bonchev–Trinajstić information content (AvgIpc) is 3.40. The van der Waals surface area contributed by atoms with Gasteiger partial charge < -0.3 is 9.13 Å². The molecule has 5 aromatic rings. The van der Waals surface area contributed by atoms with Gasteiger partial charge in [-0.25, -0.2) is 9.97 Å². The Morgan fingerprint density at radius 2 is 1.03 bits per heavy atom. The summed E-state index contributed by atoms with van der Waals surface area (Å²) in [5.74, 6) is 2.00.